The molecule has 1 aliphatic carbocycles. The number of aryl methyl sites for hydroxylation is 1. The summed E-state index contributed by atoms with van der Waals surface area (Å²) in [5.74, 6) is -5.35. The molecular weight excluding hydrogens is 304 g/mol. The van der Waals surface area contributed by atoms with Crippen LogP contribution in [0.4, 0.5) is 8.78 Å². The van der Waals surface area contributed by atoms with Crippen molar-refractivity contribution in [2.45, 2.75) is 43.6 Å². The van der Waals surface area contributed by atoms with Crippen molar-refractivity contribution in [2.24, 2.45) is 5.92 Å². The summed E-state index contributed by atoms with van der Waals surface area (Å²) in [6.45, 7) is 0.751. The highest BCUT2D eigenvalue weighted by molar-refractivity contribution is 5.80. The summed E-state index contributed by atoms with van der Waals surface area (Å²) in [5, 5.41) is 23.5. The number of nitrogens with one attached hydrogen (secondary N) is 1. The van der Waals surface area contributed by atoms with Gasteiger partial charge in [-0.2, -0.15) is 0 Å². The van der Waals surface area contributed by atoms with Crippen LogP contribution in [0.5, 0.6) is 0 Å². The first-order chi connectivity index (χ1) is 10.8. The third-order valence-corrected chi connectivity index (χ3v) is 4.62. The van der Waals surface area contributed by atoms with E-state index in [-0.39, 0.29) is 18.4 Å². The number of aliphatic hydroxyl groups is 1. The lowest BCUT2D eigenvalue weighted by atomic mass is 9.77. The predicted octanol–water partition coefficient (Wildman–Crippen LogP) is 2.55. The summed E-state index contributed by atoms with van der Waals surface area (Å²) in [6, 6.07) is 6.70. The predicted molar refractivity (Wildman–Crippen MR) is 82.5 cm³/mol. The summed E-state index contributed by atoms with van der Waals surface area (Å²) in [5.41, 5.74) is -1.33. The Kier molecular flexibility index (Phi) is 5.37. The van der Waals surface area contributed by atoms with Gasteiger partial charge in [-0.25, -0.2) is 13.6 Å². The van der Waals surface area contributed by atoms with Gasteiger partial charge in [-0.05, 0) is 44.0 Å². The molecule has 4 nitrogen and oxygen atoms in total. The van der Waals surface area contributed by atoms with Gasteiger partial charge in [0.25, 0.3) is 0 Å². The van der Waals surface area contributed by atoms with Crippen LogP contribution in [0, 0.1) is 5.92 Å². The van der Waals surface area contributed by atoms with Crippen molar-refractivity contribution in [1.82, 2.24) is 5.32 Å². The number of hydrogen-bond donors (Lipinski definition) is 3. The lowest BCUT2D eigenvalue weighted by Crippen LogP contribution is -2.43. The van der Waals surface area contributed by atoms with E-state index in [1.54, 1.807) is 24.3 Å². The minimum absolute atomic E-state index is 0.000645. The first kappa shape index (κ1) is 17.8. The molecule has 0 heterocycles. The van der Waals surface area contributed by atoms with E-state index in [2.05, 4.69) is 5.32 Å². The number of halogens is 2. The molecule has 0 spiro atoms. The average Bonchev–Trinajstić information content (AvgIpc) is 2.87. The van der Waals surface area contributed by atoms with Crippen LogP contribution in [0.2, 0.25) is 0 Å². The van der Waals surface area contributed by atoms with E-state index in [0.717, 1.165) is 13.0 Å². The molecule has 0 radical (unpaired) electrons. The van der Waals surface area contributed by atoms with Gasteiger partial charge in [0.15, 0.2) is 5.60 Å². The van der Waals surface area contributed by atoms with E-state index in [9.17, 15) is 23.8 Å². The zero-order valence-electron chi connectivity index (χ0n) is 13.2. The van der Waals surface area contributed by atoms with Gasteiger partial charge in [0, 0.05) is 18.8 Å². The van der Waals surface area contributed by atoms with Crippen LogP contribution in [0.25, 0.3) is 0 Å². The van der Waals surface area contributed by atoms with Crippen molar-refractivity contribution in [3.05, 3.63) is 35.4 Å². The summed E-state index contributed by atoms with van der Waals surface area (Å²) < 4.78 is 27.1. The largest absolute Gasteiger partial charge is 0.479 e. The smallest absolute Gasteiger partial charge is 0.340 e. The third kappa shape index (κ3) is 3.70. The van der Waals surface area contributed by atoms with Crippen molar-refractivity contribution in [1.29, 1.82) is 0 Å². The summed E-state index contributed by atoms with van der Waals surface area (Å²) in [6.07, 6.45) is 0.371. The Morgan fingerprint density at radius 2 is 2.13 bits per heavy atom. The fraction of sp³-hybridized carbons (Fsp3) is 0.588. The minimum Gasteiger partial charge on any atom is -0.479 e. The molecule has 2 atom stereocenters. The molecule has 1 saturated carbocycles. The molecule has 23 heavy (non-hydrogen) atoms. The first-order valence-electron chi connectivity index (χ1n) is 7.88. The van der Waals surface area contributed by atoms with Crippen LogP contribution in [-0.2, 0) is 16.8 Å². The van der Waals surface area contributed by atoms with Crippen molar-refractivity contribution >= 4 is 5.97 Å². The Morgan fingerprint density at radius 1 is 1.43 bits per heavy atom. The maximum Gasteiger partial charge on any atom is 0.340 e. The van der Waals surface area contributed by atoms with Crippen molar-refractivity contribution in [3.63, 3.8) is 0 Å². The number of benzene rings is 1. The second kappa shape index (κ2) is 6.93. The molecule has 0 amide bonds. The Labute approximate surface area is 134 Å². The Bertz CT molecular complexity index is 565. The molecule has 1 aromatic carbocycles. The molecule has 1 fully saturated rings. The van der Waals surface area contributed by atoms with Gasteiger partial charge in [-0.1, -0.05) is 24.3 Å². The molecule has 0 aliphatic heterocycles. The highest BCUT2D eigenvalue weighted by atomic mass is 19.3. The molecule has 0 aromatic heterocycles. The molecule has 0 bridgehead atoms. The number of rotatable bonds is 7. The average molecular weight is 327 g/mol. The molecule has 0 unspecified atom stereocenters. The van der Waals surface area contributed by atoms with Crippen LogP contribution < -0.4 is 5.32 Å². The number of alkyl halides is 2. The van der Waals surface area contributed by atoms with E-state index in [4.69, 9.17) is 0 Å². The van der Waals surface area contributed by atoms with Gasteiger partial charge in [0.1, 0.15) is 0 Å². The molecule has 0 saturated heterocycles. The molecule has 1 aromatic rings. The second-order valence-electron chi connectivity index (χ2n) is 6.23. The topological polar surface area (TPSA) is 69.6 Å². The van der Waals surface area contributed by atoms with Crippen LogP contribution in [0.3, 0.4) is 0 Å². The van der Waals surface area contributed by atoms with E-state index in [1.165, 1.54) is 0 Å². The van der Waals surface area contributed by atoms with Gasteiger partial charge >= 0.3 is 5.97 Å². The standard InChI is InChI=1S/C17H23F2NO3/c1-20-10-4-6-12-5-2-3-7-14(12)17(23,15(21)22)13-8-9-16(18,19)11-13/h2-3,5,7,13,20,23H,4,6,8-11H2,1H3,(H,21,22)/t13-,17-/m1/s1. The molecule has 128 valence electrons. The maximum absolute atomic E-state index is 13.5. The van der Waals surface area contributed by atoms with Crippen molar-refractivity contribution in [3.8, 4) is 0 Å². The lowest BCUT2D eigenvalue weighted by Gasteiger charge is -2.32. The zero-order valence-corrected chi connectivity index (χ0v) is 13.2. The van der Waals surface area contributed by atoms with Crippen LogP contribution in [-0.4, -0.2) is 35.7 Å². The molecule has 1 aliphatic rings. The number of carboxylic acid groups (broad SMARTS) is 1. The number of aliphatic carboxylic acids is 1. The van der Waals surface area contributed by atoms with E-state index in [0.29, 0.717) is 12.0 Å². The van der Waals surface area contributed by atoms with Gasteiger partial charge in [-0.3, -0.25) is 0 Å². The monoisotopic (exact) mass is 327 g/mol. The van der Waals surface area contributed by atoms with Crippen molar-refractivity contribution < 1.29 is 23.8 Å². The normalized spacial score (nSPS) is 22.7. The fourth-order valence-electron chi connectivity index (χ4n) is 3.38. The lowest BCUT2D eigenvalue weighted by molar-refractivity contribution is -0.167. The van der Waals surface area contributed by atoms with Gasteiger partial charge < -0.3 is 15.5 Å². The second-order valence-corrected chi connectivity index (χ2v) is 6.23. The van der Waals surface area contributed by atoms with Crippen LogP contribution in [0.15, 0.2) is 24.3 Å². The van der Waals surface area contributed by atoms with E-state index in [1.807, 2.05) is 7.05 Å². The SMILES string of the molecule is CNCCCc1ccccc1[C@@](O)(C(=O)O)[C@@H]1CCC(F)(F)C1. The Hall–Kier alpha value is -1.53. The molecule has 6 heteroatoms. The first-order valence-corrected chi connectivity index (χ1v) is 7.88. The van der Waals surface area contributed by atoms with Crippen LogP contribution in [0.1, 0.15) is 36.8 Å². The van der Waals surface area contributed by atoms with Crippen LogP contribution >= 0.6 is 0 Å². The number of carboxylic acids is 1. The van der Waals surface area contributed by atoms with E-state index < -0.39 is 29.8 Å². The zero-order chi connectivity index (χ0) is 17.1. The van der Waals surface area contributed by atoms with E-state index >= 15 is 0 Å². The number of hydrogen-bond acceptors (Lipinski definition) is 3. The molecular formula is C17H23F2NO3. The highest BCUT2D eigenvalue weighted by Crippen LogP contribution is 2.48. The Morgan fingerprint density at radius 3 is 2.70 bits per heavy atom. The maximum atomic E-state index is 13.5. The van der Waals surface area contributed by atoms with Gasteiger partial charge in [0.2, 0.25) is 5.92 Å². The summed E-state index contributed by atoms with van der Waals surface area (Å²) >= 11 is 0. The molecule has 2 rings (SSSR count). The Balaban J connectivity index is 2.36. The highest BCUT2D eigenvalue weighted by Gasteiger charge is 2.54. The van der Waals surface area contributed by atoms with Crippen molar-refractivity contribution in [2.75, 3.05) is 13.6 Å². The summed E-state index contributed by atoms with van der Waals surface area (Å²) in [4.78, 5) is 11.8. The molecule has 3 N–H and O–H groups in total. The van der Waals surface area contributed by atoms with Gasteiger partial charge in [-0.15, -0.1) is 0 Å². The minimum atomic E-state index is -2.91. The number of carbonyl (C=O) groups is 1. The third-order valence-electron chi connectivity index (χ3n) is 4.62. The quantitative estimate of drug-likeness (QED) is 0.673. The fourth-order valence-corrected chi connectivity index (χ4v) is 3.38. The summed E-state index contributed by atoms with van der Waals surface area (Å²) in [7, 11) is 1.82. The van der Waals surface area contributed by atoms with Gasteiger partial charge in [0.05, 0.1) is 0 Å².